The average molecular weight is 285 g/mol. The van der Waals surface area contributed by atoms with Gasteiger partial charge in [0.05, 0.1) is 17.9 Å². The first-order valence-electron chi connectivity index (χ1n) is 7.51. The zero-order chi connectivity index (χ0) is 14.5. The lowest BCUT2D eigenvalue weighted by molar-refractivity contribution is 0.840. The van der Waals surface area contributed by atoms with Crippen LogP contribution in [0.2, 0.25) is 0 Å². The van der Waals surface area contributed by atoms with E-state index >= 15 is 0 Å². The third-order valence-corrected chi connectivity index (χ3v) is 4.38. The predicted octanol–water partition coefficient (Wildman–Crippen LogP) is 4.07. The van der Waals surface area contributed by atoms with Crippen LogP contribution >= 0.6 is 0 Å². The molecule has 3 heteroatoms. The molecule has 5 rings (SSSR count). The van der Waals surface area contributed by atoms with Gasteiger partial charge in [-0.05, 0) is 35.4 Å². The molecule has 0 radical (unpaired) electrons. The first-order valence-corrected chi connectivity index (χ1v) is 7.51. The van der Waals surface area contributed by atoms with Gasteiger partial charge in [0.25, 0.3) is 0 Å². The molecule has 0 spiro atoms. The molecular weight excluding hydrogens is 270 g/mol. The quantitative estimate of drug-likeness (QED) is 0.667. The summed E-state index contributed by atoms with van der Waals surface area (Å²) in [6, 6.07) is 23.4. The maximum Gasteiger partial charge on any atom is 0.136 e. The highest BCUT2D eigenvalue weighted by Crippen LogP contribution is 2.41. The fourth-order valence-corrected chi connectivity index (χ4v) is 3.35. The van der Waals surface area contributed by atoms with Crippen molar-refractivity contribution in [3.8, 4) is 5.69 Å². The number of para-hydroxylation sites is 2. The van der Waals surface area contributed by atoms with Crippen molar-refractivity contribution < 1.29 is 0 Å². The van der Waals surface area contributed by atoms with Crippen LogP contribution in [0.25, 0.3) is 11.3 Å². The van der Waals surface area contributed by atoms with Crippen LogP contribution in [0.4, 0.5) is 11.5 Å². The monoisotopic (exact) mass is 285 g/mol. The van der Waals surface area contributed by atoms with E-state index < -0.39 is 0 Å². The summed E-state index contributed by atoms with van der Waals surface area (Å²) in [4.78, 5) is 0. The van der Waals surface area contributed by atoms with Crippen LogP contribution < -0.4 is 10.0 Å². The second-order valence-electron chi connectivity index (χ2n) is 5.65. The van der Waals surface area contributed by atoms with Crippen LogP contribution in [0, 0.1) is 0 Å². The molecule has 0 saturated carbocycles. The van der Waals surface area contributed by atoms with E-state index in [1.807, 2.05) is 0 Å². The van der Waals surface area contributed by atoms with Crippen LogP contribution in [0.3, 0.4) is 0 Å². The highest BCUT2D eigenvalue weighted by molar-refractivity contribution is 5.84. The van der Waals surface area contributed by atoms with Crippen molar-refractivity contribution in [3.05, 3.63) is 84.7 Å². The Labute approximate surface area is 129 Å². The molecule has 0 bridgehead atoms. The summed E-state index contributed by atoms with van der Waals surface area (Å²) in [5, 5.41) is 4.59. The lowest BCUT2D eigenvalue weighted by Crippen LogP contribution is -2.40. The highest BCUT2D eigenvalue weighted by Gasteiger charge is 2.32. The minimum Gasteiger partial charge on any atom is -0.300 e. The van der Waals surface area contributed by atoms with E-state index in [1.165, 1.54) is 28.3 Å². The number of anilines is 2. The molecule has 0 amide bonds. The number of hydrogen-bond donors (Lipinski definition) is 0. The number of aromatic nitrogens is 1. The van der Waals surface area contributed by atoms with Crippen molar-refractivity contribution in [2.45, 2.75) is 0 Å². The van der Waals surface area contributed by atoms with E-state index in [0.717, 1.165) is 6.54 Å². The van der Waals surface area contributed by atoms with E-state index in [-0.39, 0.29) is 0 Å². The van der Waals surface area contributed by atoms with E-state index in [0.29, 0.717) is 0 Å². The molecule has 0 fully saturated rings. The Balaban J connectivity index is 1.68. The van der Waals surface area contributed by atoms with Gasteiger partial charge in [-0.3, -0.25) is 9.58 Å². The van der Waals surface area contributed by atoms with Crippen LogP contribution in [-0.2, 0) is 0 Å². The molecule has 2 aliphatic heterocycles. The van der Waals surface area contributed by atoms with Crippen LogP contribution in [0.15, 0.2) is 79.1 Å². The number of rotatable bonds is 1. The first-order chi connectivity index (χ1) is 10.9. The summed E-state index contributed by atoms with van der Waals surface area (Å²) in [7, 11) is 0. The van der Waals surface area contributed by atoms with E-state index in [2.05, 4.69) is 93.7 Å². The molecular formula is C19H15N3. The fraction of sp³-hybridized carbons (Fsp3) is 0.0526. The fourth-order valence-electron chi connectivity index (χ4n) is 3.35. The van der Waals surface area contributed by atoms with Gasteiger partial charge in [-0.25, -0.2) is 5.01 Å². The topological polar surface area (TPSA) is 11.4 Å². The van der Waals surface area contributed by atoms with Crippen molar-refractivity contribution in [1.82, 2.24) is 4.57 Å². The number of nitrogens with zero attached hydrogens (tertiary/aromatic N) is 3. The molecule has 106 valence electrons. The number of hydrazine groups is 1. The second kappa shape index (κ2) is 4.28. The SMILES string of the molecule is C1=C(c2ccccc2)CN2c3ccccc3-n3cccc3N12. The van der Waals surface area contributed by atoms with Crippen molar-refractivity contribution in [2.24, 2.45) is 0 Å². The Hall–Kier alpha value is -2.94. The summed E-state index contributed by atoms with van der Waals surface area (Å²) in [5.41, 5.74) is 5.10. The standard InChI is InChI=1S/C19H15N3/c1-2-7-15(8-3-1)16-13-21-18-10-5-4-9-17(18)20-12-6-11-19(20)22(21)14-16/h1-12,14H,13H2. The van der Waals surface area contributed by atoms with Gasteiger partial charge in [-0.15, -0.1) is 0 Å². The van der Waals surface area contributed by atoms with Crippen LogP contribution in [-0.4, -0.2) is 11.1 Å². The zero-order valence-corrected chi connectivity index (χ0v) is 12.1. The predicted molar refractivity (Wildman–Crippen MR) is 90.0 cm³/mol. The Bertz CT molecular complexity index is 876. The number of fused-ring (bicyclic) bond motifs is 6. The normalized spacial score (nSPS) is 15.2. The van der Waals surface area contributed by atoms with Gasteiger partial charge in [0, 0.05) is 12.4 Å². The molecule has 0 unspecified atom stereocenters. The third-order valence-electron chi connectivity index (χ3n) is 4.38. The van der Waals surface area contributed by atoms with Gasteiger partial charge in [0.2, 0.25) is 0 Å². The minimum absolute atomic E-state index is 0.895. The molecule has 3 nitrogen and oxygen atoms in total. The lowest BCUT2D eigenvalue weighted by Gasteiger charge is -2.37. The molecule has 0 aliphatic carbocycles. The van der Waals surface area contributed by atoms with Crippen LogP contribution in [0.1, 0.15) is 5.56 Å². The highest BCUT2D eigenvalue weighted by atomic mass is 15.7. The Kier molecular flexibility index (Phi) is 2.27. The van der Waals surface area contributed by atoms with E-state index in [1.54, 1.807) is 0 Å². The Morgan fingerprint density at radius 3 is 2.36 bits per heavy atom. The van der Waals surface area contributed by atoms with Crippen LogP contribution in [0.5, 0.6) is 0 Å². The molecule has 22 heavy (non-hydrogen) atoms. The third kappa shape index (κ3) is 1.51. The maximum atomic E-state index is 2.34. The van der Waals surface area contributed by atoms with Gasteiger partial charge >= 0.3 is 0 Å². The van der Waals surface area contributed by atoms with Gasteiger partial charge in [0.15, 0.2) is 0 Å². The zero-order valence-electron chi connectivity index (χ0n) is 12.1. The van der Waals surface area contributed by atoms with E-state index in [9.17, 15) is 0 Å². The van der Waals surface area contributed by atoms with Crippen molar-refractivity contribution in [1.29, 1.82) is 0 Å². The maximum absolute atomic E-state index is 2.34. The molecule has 0 saturated heterocycles. The summed E-state index contributed by atoms with van der Waals surface area (Å²) in [6.45, 7) is 0.895. The summed E-state index contributed by atoms with van der Waals surface area (Å²) < 4.78 is 2.25. The van der Waals surface area contributed by atoms with Crippen molar-refractivity contribution >= 4 is 17.1 Å². The first kappa shape index (κ1) is 11.7. The summed E-state index contributed by atoms with van der Waals surface area (Å²) in [6.07, 6.45) is 4.37. The minimum atomic E-state index is 0.895. The molecule has 2 aliphatic rings. The van der Waals surface area contributed by atoms with Gasteiger partial charge in [-0.2, -0.15) is 0 Å². The molecule has 2 aromatic carbocycles. The lowest BCUT2D eigenvalue weighted by atomic mass is 10.1. The Morgan fingerprint density at radius 1 is 0.727 bits per heavy atom. The van der Waals surface area contributed by atoms with E-state index in [4.69, 9.17) is 0 Å². The number of hydrogen-bond acceptors (Lipinski definition) is 2. The van der Waals surface area contributed by atoms with Gasteiger partial charge in [-0.1, -0.05) is 42.5 Å². The molecule has 3 aromatic rings. The smallest absolute Gasteiger partial charge is 0.136 e. The largest absolute Gasteiger partial charge is 0.300 e. The Morgan fingerprint density at radius 2 is 1.50 bits per heavy atom. The summed E-state index contributed by atoms with van der Waals surface area (Å²) >= 11 is 0. The molecule has 0 atom stereocenters. The average Bonchev–Trinajstić information content (AvgIpc) is 3.23. The molecule has 0 N–H and O–H groups in total. The summed E-state index contributed by atoms with van der Waals surface area (Å²) in [5.74, 6) is 1.18. The van der Waals surface area contributed by atoms with Crippen molar-refractivity contribution in [2.75, 3.05) is 16.6 Å². The van der Waals surface area contributed by atoms with Crippen molar-refractivity contribution in [3.63, 3.8) is 0 Å². The van der Waals surface area contributed by atoms with Gasteiger partial charge in [0.1, 0.15) is 5.82 Å². The molecule has 3 heterocycles. The molecule has 1 aromatic heterocycles. The number of benzene rings is 2. The van der Waals surface area contributed by atoms with Gasteiger partial charge < -0.3 is 0 Å². The second-order valence-corrected chi connectivity index (χ2v) is 5.65.